The molecule has 16 heavy (non-hydrogen) atoms. The average Bonchev–Trinajstić information content (AvgIpc) is 2.30. The van der Waals surface area contributed by atoms with Crippen molar-refractivity contribution in [3.05, 3.63) is 29.8 Å². The first-order valence-corrected chi connectivity index (χ1v) is 5.26. The number of nitrogens with zero attached hydrogens (tertiary/aromatic N) is 1. The molecule has 4 heteroatoms. The van der Waals surface area contributed by atoms with Crippen molar-refractivity contribution in [2.24, 2.45) is 5.16 Å². The van der Waals surface area contributed by atoms with Gasteiger partial charge in [0.2, 0.25) is 0 Å². The molecule has 1 aromatic carbocycles. The number of methoxy groups -OCH3 is 1. The monoisotopic (exact) mass is 222 g/mol. The minimum Gasteiger partial charge on any atom is -0.497 e. The first kappa shape index (κ1) is 12.5. The van der Waals surface area contributed by atoms with Crippen LogP contribution in [0.5, 0.6) is 5.75 Å². The number of hydrogen-bond donors (Lipinski definition) is 2. The highest BCUT2D eigenvalue weighted by Gasteiger charge is 2.05. The van der Waals surface area contributed by atoms with E-state index in [9.17, 15) is 0 Å². The number of ether oxygens (including phenoxy) is 1. The van der Waals surface area contributed by atoms with Crippen LogP contribution in [0, 0.1) is 0 Å². The van der Waals surface area contributed by atoms with E-state index in [1.165, 1.54) is 0 Å². The second-order valence-electron chi connectivity index (χ2n) is 3.81. The molecule has 1 aromatic rings. The molecule has 0 spiro atoms. The first-order valence-electron chi connectivity index (χ1n) is 5.26. The highest BCUT2D eigenvalue weighted by Crippen LogP contribution is 2.11. The molecule has 0 heterocycles. The molecule has 0 saturated heterocycles. The zero-order valence-electron chi connectivity index (χ0n) is 9.90. The largest absolute Gasteiger partial charge is 0.497 e. The molecule has 0 atom stereocenters. The van der Waals surface area contributed by atoms with Gasteiger partial charge >= 0.3 is 0 Å². The molecule has 88 valence electrons. The molecule has 0 saturated carbocycles. The molecule has 0 unspecified atom stereocenters. The van der Waals surface area contributed by atoms with E-state index in [2.05, 4.69) is 10.5 Å². The van der Waals surface area contributed by atoms with Crippen LogP contribution in [-0.4, -0.2) is 30.6 Å². The zero-order valence-corrected chi connectivity index (χ0v) is 9.90. The Kier molecular flexibility index (Phi) is 4.79. The predicted octanol–water partition coefficient (Wildman–Crippen LogP) is 1.87. The van der Waals surface area contributed by atoms with Gasteiger partial charge in [-0.05, 0) is 24.3 Å². The Morgan fingerprint density at radius 1 is 1.38 bits per heavy atom. The van der Waals surface area contributed by atoms with Crippen molar-refractivity contribution < 1.29 is 9.94 Å². The minimum atomic E-state index is 0.356. The van der Waals surface area contributed by atoms with E-state index in [1.54, 1.807) is 7.11 Å². The smallest absolute Gasteiger partial charge is 0.118 e. The summed E-state index contributed by atoms with van der Waals surface area (Å²) in [6.07, 6.45) is 0. The van der Waals surface area contributed by atoms with Crippen molar-refractivity contribution in [2.75, 3.05) is 13.7 Å². The third kappa shape index (κ3) is 3.55. The summed E-state index contributed by atoms with van der Waals surface area (Å²) >= 11 is 0. The molecule has 4 nitrogen and oxygen atoms in total. The molecule has 0 radical (unpaired) electrons. The second-order valence-corrected chi connectivity index (χ2v) is 3.81. The summed E-state index contributed by atoms with van der Waals surface area (Å²) in [6, 6.07) is 7.78. The summed E-state index contributed by atoms with van der Waals surface area (Å²) < 4.78 is 5.06. The standard InChI is InChI=1S/C12H18N2O2/c1-9(2)13-8-12(14-15)10-4-6-11(16-3)7-5-10/h4-7,9,13,15H,8H2,1-3H3/b14-12+. The number of nitrogens with one attached hydrogen (secondary N) is 1. The van der Waals surface area contributed by atoms with Crippen LogP contribution < -0.4 is 10.1 Å². The Morgan fingerprint density at radius 2 is 2.00 bits per heavy atom. The fourth-order valence-electron chi connectivity index (χ4n) is 1.28. The lowest BCUT2D eigenvalue weighted by Gasteiger charge is -2.09. The number of hydrogen-bond acceptors (Lipinski definition) is 4. The normalized spacial score (nSPS) is 11.9. The lowest BCUT2D eigenvalue weighted by molar-refractivity contribution is 0.318. The van der Waals surface area contributed by atoms with Crippen LogP contribution in [-0.2, 0) is 0 Å². The van der Waals surface area contributed by atoms with Gasteiger partial charge in [-0.15, -0.1) is 0 Å². The van der Waals surface area contributed by atoms with Gasteiger partial charge < -0.3 is 15.3 Å². The zero-order chi connectivity index (χ0) is 12.0. The van der Waals surface area contributed by atoms with Crippen LogP contribution in [0.1, 0.15) is 19.4 Å². The molecule has 1 rings (SSSR count). The Morgan fingerprint density at radius 3 is 2.44 bits per heavy atom. The summed E-state index contributed by atoms with van der Waals surface area (Å²) in [5.41, 5.74) is 1.51. The third-order valence-corrected chi connectivity index (χ3v) is 2.22. The topological polar surface area (TPSA) is 53.8 Å². The summed E-state index contributed by atoms with van der Waals surface area (Å²) in [5, 5.41) is 15.4. The molecular weight excluding hydrogens is 204 g/mol. The Balaban J connectivity index is 2.72. The van der Waals surface area contributed by atoms with Crippen LogP contribution >= 0.6 is 0 Å². The van der Waals surface area contributed by atoms with E-state index < -0.39 is 0 Å². The molecule has 0 aliphatic heterocycles. The van der Waals surface area contributed by atoms with Crippen molar-refractivity contribution in [2.45, 2.75) is 19.9 Å². The molecule has 0 aliphatic carbocycles. The predicted molar refractivity (Wildman–Crippen MR) is 64.5 cm³/mol. The van der Waals surface area contributed by atoms with Crippen LogP contribution in [0.25, 0.3) is 0 Å². The average molecular weight is 222 g/mol. The van der Waals surface area contributed by atoms with Crippen LogP contribution in [0.15, 0.2) is 29.4 Å². The highest BCUT2D eigenvalue weighted by atomic mass is 16.5. The molecule has 2 N–H and O–H groups in total. The maximum absolute atomic E-state index is 8.94. The first-order chi connectivity index (χ1) is 7.67. The van der Waals surface area contributed by atoms with E-state index in [0.29, 0.717) is 18.3 Å². The lowest BCUT2D eigenvalue weighted by Crippen LogP contribution is -2.29. The summed E-state index contributed by atoms with van der Waals surface area (Å²) in [5.74, 6) is 0.790. The summed E-state index contributed by atoms with van der Waals surface area (Å²) in [4.78, 5) is 0. The van der Waals surface area contributed by atoms with Crippen molar-refractivity contribution in [3.63, 3.8) is 0 Å². The molecule has 0 aliphatic rings. The Labute approximate surface area is 95.9 Å². The van der Waals surface area contributed by atoms with E-state index in [1.807, 2.05) is 38.1 Å². The van der Waals surface area contributed by atoms with Gasteiger partial charge in [-0.25, -0.2) is 0 Å². The van der Waals surface area contributed by atoms with Gasteiger partial charge in [0.25, 0.3) is 0 Å². The minimum absolute atomic E-state index is 0.356. The Hall–Kier alpha value is -1.55. The van der Waals surface area contributed by atoms with Gasteiger partial charge in [0.05, 0.1) is 7.11 Å². The molecule has 0 bridgehead atoms. The highest BCUT2D eigenvalue weighted by molar-refractivity contribution is 6.01. The van der Waals surface area contributed by atoms with E-state index in [0.717, 1.165) is 11.3 Å². The molecule has 0 aromatic heterocycles. The van der Waals surface area contributed by atoms with Gasteiger partial charge in [0, 0.05) is 18.2 Å². The van der Waals surface area contributed by atoms with Crippen molar-refractivity contribution in [1.29, 1.82) is 0 Å². The fourth-order valence-corrected chi connectivity index (χ4v) is 1.28. The molecular formula is C12H18N2O2. The van der Waals surface area contributed by atoms with E-state index >= 15 is 0 Å². The summed E-state index contributed by atoms with van der Waals surface area (Å²) in [6.45, 7) is 4.63. The second kappa shape index (κ2) is 6.12. The van der Waals surface area contributed by atoms with E-state index in [-0.39, 0.29) is 0 Å². The number of rotatable bonds is 5. The van der Waals surface area contributed by atoms with Gasteiger partial charge in [0.1, 0.15) is 11.5 Å². The van der Waals surface area contributed by atoms with Gasteiger partial charge in [-0.2, -0.15) is 0 Å². The number of benzene rings is 1. The SMILES string of the molecule is COc1ccc(/C(CNC(C)C)=N/O)cc1. The maximum Gasteiger partial charge on any atom is 0.118 e. The fraction of sp³-hybridized carbons (Fsp3) is 0.417. The van der Waals surface area contributed by atoms with Crippen LogP contribution in [0.4, 0.5) is 0 Å². The molecule has 0 amide bonds. The van der Waals surface area contributed by atoms with Crippen molar-refractivity contribution >= 4 is 5.71 Å². The lowest BCUT2D eigenvalue weighted by atomic mass is 10.1. The van der Waals surface area contributed by atoms with Crippen LogP contribution in [0.3, 0.4) is 0 Å². The van der Waals surface area contributed by atoms with Gasteiger partial charge in [-0.1, -0.05) is 19.0 Å². The third-order valence-electron chi connectivity index (χ3n) is 2.22. The van der Waals surface area contributed by atoms with Crippen LogP contribution in [0.2, 0.25) is 0 Å². The molecule has 0 fully saturated rings. The Bertz CT molecular complexity index is 345. The van der Waals surface area contributed by atoms with E-state index in [4.69, 9.17) is 9.94 Å². The maximum atomic E-state index is 8.94. The van der Waals surface area contributed by atoms with Crippen molar-refractivity contribution in [1.82, 2.24) is 5.32 Å². The van der Waals surface area contributed by atoms with Gasteiger partial charge in [0.15, 0.2) is 0 Å². The van der Waals surface area contributed by atoms with Gasteiger partial charge in [-0.3, -0.25) is 0 Å². The quantitative estimate of drug-likeness (QED) is 0.454. The van der Waals surface area contributed by atoms with Crippen molar-refractivity contribution in [3.8, 4) is 5.75 Å². The summed E-state index contributed by atoms with van der Waals surface area (Å²) in [7, 11) is 1.62. The number of oxime groups is 1.